The number of anilines is 1. The lowest BCUT2D eigenvalue weighted by atomic mass is 10.3. The highest BCUT2D eigenvalue weighted by molar-refractivity contribution is 5.95. The second kappa shape index (κ2) is 10.0. The summed E-state index contributed by atoms with van der Waals surface area (Å²) >= 11 is 0. The summed E-state index contributed by atoms with van der Waals surface area (Å²) in [6, 6.07) is 7.25. The van der Waals surface area contributed by atoms with Crippen molar-refractivity contribution in [3.05, 3.63) is 24.3 Å². The largest absolute Gasteiger partial charge is 0.484 e. The summed E-state index contributed by atoms with van der Waals surface area (Å²) in [6.45, 7) is 2.64. The highest BCUT2D eigenvalue weighted by Crippen LogP contribution is 2.23. The molecule has 25 heavy (non-hydrogen) atoms. The molecule has 0 aromatic heterocycles. The Bertz CT molecular complexity index is 553. The van der Waals surface area contributed by atoms with Crippen LogP contribution in [-0.2, 0) is 19.1 Å². The van der Waals surface area contributed by atoms with E-state index in [4.69, 9.17) is 14.2 Å². The maximum absolute atomic E-state index is 12.3. The predicted octanol–water partition coefficient (Wildman–Crippen LogP) is 1.31. The van der Waals surface area contributed by atoms with Gasteiger partial charge in [0.2, 0.25) is 5.91 Å². The average Bonchev–Trinajstić information content (AvgIpc) is 3.06. The van der Waals surface area contributed by atoms with Gasteiger partial charge in [0.25, 0.3) is 5.91 Å². The van der Waals surface area contributed by atoms with Gasteiger partial charge in [-0.1, -0.05) is 0 Å². The van der Waals surface area contributed by atoms with Crippen molar-refractivity contribution in [2.45, 2.75) is 12.8 Å². The summed E-state index contributed by atoms with van der Waals surface area (Å²) in [5, 5.41) is 0. The van der Waals surface area contributed by atoms with Gasteiger partial charge in [-0.2, -0.15) is 0 Å². The third kappa shape index (κ3) is 5.72. The third-order valence-corrected chi connectivity index (χ3v) is 4.07. The van der Waals surface area contributed by atoms with Crippen LogP contribution in [-0.4, -0.2) is 70.4 Å². The molecule has 2 rings (SSSR count). The molecular formula is C18H26N2O5. The predicted molar refractivity (Wildman–Crippen MR) is 93.9 cm³/mol. The van der Waals surface area contributed by atoms with Gasteiger partial charge < -0.3 is 24.0 Å². The fraction of sp³-hybridized carbons (Fsp3) is 0.556. The molecule has 0 N–H and O–H groups in total. The van der Waals surface area contributed by atoms with Gasteiger partial charge in [0.15, 0.2) is 6.61 Å². The molecule has 1 aromatic rings. The lowest BCUT2D eigenvalue weighted by Gasteiger charge is -2.22. The van der Waals surface area contributed by atoms with Crippen LogP contribution in [0.5, 0.6) is 5.75 Å². The van der Waals surface area contributed by atoms with Crippen molar-refractivity contribution < 1.29 is 23.8 Å². The smallest absolute Gasteiger partial charge is 0.260 e. The van der Waals surface area contributed by atoms with Crippen LogP contribution in [0, 0.1) is 0 Å². The number of carbonyl (C=O) groups is 2. The lowest BCUT2D eigenvalue weighted by Crippen LogP contribution is -2.39. The molecule has 0 radical (unpaired) electrons. The molecule has 7 nitrogen and oxygen atoms in total. The standard InChI is InChI=1S/C18H26N2O5/c1-23-12-10-19(11-13-24-2)18(22)14-25-16-7-5-15(6-8-16)20-9-3-4-17(20)21/h5-8H,3-4,9-14H2,1-2H3. The summed E-state index contributed by atoms with van der Waals surface area (Å²) in [6.07, 6.45) is 1.50. The zero-order chi connectivity index (χ0) is 18.1. The van der Waals surface area contributed by atoms with Gasteiger partial charge in [0.05, 0.1) is 13.2 Å². The van der Waals surface area contributed by atoms with Crippen molar-refractivity contribution in [1.29, 1.82) is 0 Å². The molecule has 1 heterocycles. The molecule has 0 saturated carbocycles. The van der Waals surface area contributed by atoms with E-state index in [0.29, 0.717) is 38.5 Å². The van der Waals surface area contributed by atoms with E-state index in [0.717, 1.165) is 18.7 Å². The molecule has 1 fully saturated rings. The first-order valence-electron chi connectivity index (χ1n) is 8.44. The Balaban J connectivity index is 1.86. The van der Waals surface area contributed by atoms with E-state index in [1.54, 1.807) is 36.2 Å². The van der Waals surface area contributed by atoms with Crippen molar-refractivity contribution in [1.82, 2.24) is 4.90 Å². The van der Waals surface area contributed by atoms with Crippen molar-refractivity contribution in [2.75, 3.05) is 58.6 Å². The van der Waals surface area contributed by atoms with E-state index in [1.165, 1.54) is 0 Å². The third-order valence-electron chi connectivity index (χ3n) is 4.07. The molecule has 1 aliphatic rings. The second-order valence-corrected chi connectivity index (χ2v) is 5.80. The Morgan fingerprint density at radius 3 is 2.28 bits per heavy atom. The van der Waals surface area contributed by atoms with Crippen LogP contribution in [0.15, 0.2) is 24.3 Å². The van der Waals surface area contributed by atoms with Gasteiger partial charge in [-0.25, -0.2) is 0 Å². The molecule has 2 amide bonds. The number of methoxy groups -OCH3 is 2. The van der Waals surface area contributed by atoms with Crippen molar-refractivity contribution in [3.8, 4) is 5.75 Å². The zero-order valence-electron chi connectivity index (χ0n) is 14.9. The fourth-order valence-corrected chi connectivity index (χ4v) is 2.64. The molecule has 7 heteroatoms. The first kappa shape index (κ1) is 19.2. The molecule has 0 atom stereocenters. The van der Waals surface area contributed by atoms with E-state index in [9.17, 15) is 9.59 Å². The van der Waals surface area contributed by atoms with E-state index >= 15 is 0 Å². The first-order valence-corrected chi connectivity index (χ1v) is 8.44. The Hall–Kier alpha value is -2.12. The van der Waals surface area contributed by atoms with Crippen LogP contribution < -0.4 is 9.64 Å². The molecule has 1 aromatic carbocycles. The van der Waals surface area contributed by atoms with E-state index in [1.807, 2.05) is 12.1 Å². The highest BCUT2D eigenvalue weighted by Gasteiger charge is 2.21. The lowest BCUT2D eigenvalue weighted by molar-refractivity contribution is -0.134. The van der Waals surface area contributed by atoms with Crippen LogP contribution in [0.3, 0.4) is 0 Å². The minimum atomic E-state index is -0.118. The molecule has 1 aliphatic heterocycles. The maximum atomic E-state index is 12.3. The molecule has 1 saturated heterocycles. The number of rotatable bonds is 10. The van der Waals surface area contributed by atoms with Crippen LogP contribution in [0.2, 0.25) is 0 Å². The number of hydrogen-bond donors (Lipinski definition) is 0. The van der Waals surface area contributed by atoms with Crippen molar-refractivity contribution >= 4 is 17.5 Å². The molecule has 0 unspecified atom stereocenters. The Labute approximate surface area is 148 Å². The van der Waals surface area contributed by atoms with Crippen molar-refractivity contribution in [2.24, 2.45) is 0 Å². The van der Waals surface area contributed by atoms with Gasteiger partial charge in [0.1, 0.15) is 5.75 Å². The molecule has 0 spiro atoms. The molecule has 138 valence electrons. The van der Waals surface area contributed by atoms with Crippen LogP contribution >= 0.6 is 0 Å². The van der Waals surface area contributed by atoms with Crippen LogP contribution in [0.25, 0.3) is 0 Å². The number of hydrogen-bond acceptors (Lipinski definition) is 5. The van der Waals surface area contributed by atoms with Gasteiger partial charge in [-0.15, -0.1) is 0 Å². The van der Waals surface area contributed by atoms with Crippen LogP contribution in [0.4, 0.5) is 5.69 Å². The molecule has 0 bridgehead atoms. The van der Waals surface area contributed by atoms with E-state index < -0.39 is 0 Å². The SMILES string of the molecule is COCCN(CCOC)C(=O)COc1ccc(N2CCCC2=O)cc1. The van der Waals surface area contributed by atoms with Crippen molar-refractivity contribution in [3.63, 3.8) is 0 Å². The summed E-state index contributed by atoms with van der Waals surface area (Å²) in [4.78, 5) is 27.5. The van der Waals surface area contributed by atoms with E-state index in [2.05, 4.69) is 0 Å². The highest BCUT2D eigenvalue weighted by atomic mass is 16.5. The monoisotopic (exact) mass is 350 g/mol. The Kier molecular flexibility index (Phi) is 7.69. The maximum Gasteiger partial charge on any atom is 0.260 e. The summed E-state index contributed by atoms with van der Waals surface area (Å²) in [5.41, 5.74) is 0.864. The minimum absolute atomic E-state index is 0.0462. The second-order valence-electron chi connectivity index (χ2n) is 5.80. The van der Waals surface area contributed by atoms with Gasteiger partial charge in [0, 0.05) is 46.0 Å². The van der Waals surface area contributed by atoms with Gasteiger partial charge in [-0.3, -0.25) is 9.59 Å². The summed E-state index contributed by atoms with van der Waals surface area (Å²) in [7, 11) is 3.20. The van der Waals surface area contributed by atoms with Crippen LogP contribution in [0.1, 0.15) is 12.8 Å². The van der Waals surface area contributed by atoms with E-state index in [-0.39, 0.29) is 18.4 Å². The number of ether oxygens (including phenoxy) is 3. The normalized spacial score (nSPS) is 14.0. The Morgan fingerprint density at radius 2 is 1.76 bits per heavy atom. The minimum Gasteiger partial charge on any atom is -0.484 e. The summed E-state index contributed by atoms with van der Waals surface area (Å²) < 4.78 is 15.6. The topological polar surface area (TPSA) is 68.3 Å². The average molecular weight is 350 g/mol. The number of amides is 2. The number of benzene rings is 1. The Morgan fingerprint density at radius 1 is 1.12 bits per heavy atom. The number of carbonyl (C=O) groups excluding carboxylic acids is 2. The van der Waals surface area contributed by atoms with Gasteiger partial charge in [-0.05, 0) is 30.7 Å². The quantitative estimate of drug-likeness (QED) is 0.636. The molecular weight excluding hydrogens is 324 g/mol. The molecule has 0 aliphatic carbocycles. The van der Waals surface area contributed by atoms with Gasteiger partial charge >= 0.3 is 0 Å². The zero-order valence-corrected chi connectivity index (χ0v) is 14.9. The first-order chi connectivity index (χ1) is 12.2. The summed E-state index contributed by atoms with van der Waals surface area (Å²) in [5.74, 6) is 0.630. The fourth-order valence-electron chi connectivity index (χ4n) is 2.64. The number of nitrogens with zero attached hydrogens (tertiary/aromatic N) is 2.